The molecular weight excluding hydrogens is 400 g/mol. The fourth-order valence-corrected chi connectivity index (χ4v) is 4.30. The van der Waals surface area contributed by atoms with Crippen LogP contribution in [0.1, 0.15) is 6.92 Å². The van der Waals surface area contributed by atoms with Gasteiger partial charge in [0.05, 0.1) is 20.2 Å². The van der Waals surface area contributed by atoms with Crippen molar-refractivity contribution in [2.45, 2.75) is 19.1 Å². The van der Waals surface area contributed by atoms with Crippen LogP contribution < -0.4 is 15.0 Å². The predicted octanol–water partition coefficient (Wildman–Crippen LogP) is -0.00340. The zero-order valence-electron chi connectivity index (χ0n) is 18.1. The van der Waals surface area contributed by atoms with E-state index in [1.807, 2.05) is 12.1 Å². The molecule has 0 spiro atoms. The molecule has 10 nitrogen and oxygen atoms in total. The summed E-state index contributed by atoms with van der Waals surface area (Å²) in [6.45, 7) is 5.50. The number of anilines is 1. The second-order valence-electron chi connectivity index (χ2n) is 8.10. The van der Waals surface area contributed by atoms with Gasteiger partial charge in [0.25, 0.3) is 5.91 Å². The van der Waals surface area contributed by atoms with Crippen LogP contribution in [0.15, 0.2) is 29.3 Å². The third-order valence-electron chi connectivity index (χ3n) is 6.01. The number of hydrogen-bond acceptors (Lipinski definition) is 8. The molecule has 1 aromatic carbocycles. The number of ketones is 1. The van der Waals surface area contributed by atoms with E-state index in [1.165, 1.54) is 11.8 Å². The molecule has 4 rings (SSSR count). The van der Waals surface area contributed by atoms with E-state index in [1.54, 1.807) is 19.1 Å². The van der Waals surface area contributed by atoms with Crippen LogP contribution in [0.4, 0.5) is 10.5 Å². The topological polar surface area (TPSA) is 97.8 Å². The minimum atomic E-state index is -0.665. The lowest BCUT2D eigenvalue weighted by atomic mass is 10.1. The van der Waals surface area contributed by atoms with Crippen molar-refractivity contribution < 1.29 is 19.1 Å². The van der Waals surface area contributed by atoms with Crippen molar-refractivity contribution in [1.29, 1.82) is 0 Å². The van der Waals surface area contributed by atoms with E-state index in [4.69, 9.17) is 4.74 Å². The number of benzene rings is 1. The molecule has 0 saturated carbocycles. The van der Waals surface area contributed by atoms with E-state index in [0.29, 0.717) is 12.4 Å². The Labute approximate surface area is 181 Å². The Morgan fingerprint density at radius 1 is 1.16 bits per heavy atom. The van der Waals surface area contributed by atoms with Crippen LogP contribution in [0.3, 0.4) is 0 Å². The zero-order chi connectivity index (χ0) is 22.1. The molecule has 0 aliphatic carbocycles. The van der Waals surface area contributed by atoms with Gasteiger partial charge in [-0.15, -0.1) is 0 Å². The number of fused-ring (bicyclic) bond motifs is 1. The minimum Gasteiger partial charge on any atom is -0.497 e. The number of urea groups is 1. The molecule has 10 heteroatoms. The number of methoxy groups -OCH3 is 1. The second kappa shape index (κ2) is 8.54. The number of piperazine rings is 1. The average Bonchev–Trinajstić information content (AvgIpc) is 3.10. The molecule has 2 unspecified atom stereocenters. The van der Waals surface area contributed by atoms with E-state index in [-0.39, 0.29) is 12.3 Å². The van der Waals surface area contributed by atoms with Crippen molar-refractivity contribution in [3.05, 3.63) is 24.3 Å². The Kier molecular flexibility index (Phi) is 5.81. The smallest absolute Gasteiger partial charge is 0.325 e. The highest BCUT2D eigenvalue weighted by molar-refractivity contribution is 6.05. The highest BCUT2D eigenvalue weighted by Crippen LogP contribution is 2.25. The molecule has 3 aliphatic rings. The van der Waals surface area contributed by atoms with Crippen LogP contribution in [-0.4, -0.2) is 104 Å². The van der Waals surface area contributed by atoms with Gasteiger partial charge in [0.15, 0.2) is 12.2 Å². The maximum Gasteiger partial charge on any atom is 0.325 e. The van der Waals surface area contributed by atoms with Crippen molar-refractivity contribution in [1.82, 2.24) is 20.0 Å². The minimum absolute atomic E-state index is 0.0509. The van der Waals surface area contributed by atoms with Crippen molar-refractivity contribution in [2.24, 2.45) is 4.99 Å². The number of imide groups is 1. The number of amides is 3. The van der Waals surface area contributed by atoms with Gasteiger partial charge >= 0.3 is 6.03 Å². The maximum atomic E-state index is 12.5. The lowest BCUT2D eigenvalue weighted by Gasteiger charge is -2.38. The quantitative estimate of drug-likeness (QED) is 0.681. The molecule has 3 amide bonds. The molecule has 0 radical (unpaired) electrons. The Balaban J connectivity index is 1.43. The zero-order valence-corrected chi connectivity index (χ0v) is 18.1. The monoisotopic (exact) mass is 428 g/mol. The fraction of sp³-hybridized carbons (Fsp3) is 0.524. The number of ether oxygens (including phenoxy) is 1. The summed E-state index contributed by atoms with van der Waals surface area (Å²) in [5, 5.41) is 2.35. The van der Waals surface area contributed by atoms with Crippen LogP contribution in [0.25, 0.3) is 0 Å². The number of aliphatic imine (C=N–C) groups is 1. The first kappa shape index (κ1) is 21.1. The van der Waals surface area contributed by atoms with Crippen molar-refractivity contribution in [2.75, 3.05) is 58.3 Å². The number of amidine groups is 1. The van der Waals surface area contributed by atoms with Gasteiger partial charge < -0.3 is 19.4 Å². The summed E-state index contributed by atoms with van der Waals surface area (Å²) < 4.78 is 5.23. The second-order valence-corrected chi connectivity index (χ2v) is 8.10. The number of rotatable bonds is 6. The molecule has 0 aromatic heterocycles. The van der Waals surface area contributed by atoms with E-state index in [0.717, 1.165) is 37.6 Å². The Morgan fingerprint density at radius 2 is 1.84 bits per heavy atom. The molecule has 2 saturated heterocycles. The molecule has 166 valence electrons. The Morgan fingerprint density at radius 3 is 2.45 bits per heavy atom. The van der Waals surface area contributed by atoms with Gasteiger partial charge in [0.2, 0.25) is 0 Å². The highest BCUT2D eigenvalue weighted by atomic mass is 16.5. The van der Waals surface area contributed by atoms with Crippen LogP contribution in [0, 0.1) is 0 Å². The van der Waals surface area contributed by atoms with E-state index in [2.05, 4.69) is 32.2 Å². The molecular formula is C21H28N6O4. The van der Waals surface area contributed by atoms with Crippen molar-refractivity contribution in [3.63, 3.8) is 0 Å². The number of carbonyl (C=O) groups excluding carboxylic acids is 3. The number of hydrogen-bond donors (Lipinski definition) is 1. The van der Waals surface area contributed by atoms with Gasteiger partial charge in [0.1, 0.15) is 17.4 Å². The lowest BCUT2D eigenvalue weighted by molar-refractivity contribution is -0.128. The normalized spacial score (nSPS) is 24.1. The Hall–Kier alpha value is -3.14. The van der Waals surface area contributed by atoms with Gasteiger partial charge in [0, 0.05) is 38.9 Å². The number of nitrogens with one attached hydrogen (secondary N) is 1. The van der Waals surface area contributed by atoms with Gasteiger partial charge in [-0.05, 0) is 31.2 Å². The Bertz CT molecular complexity index is 894. The standard InChI is InChI=1S/C21H28N6O4/c1-14(28)12-27-17(22-19-18(27)20(29)23-21(30)24(19)2)13-25-8-10-26(11-9-25)15-4-6-16(31-3)7-5-15/h4-7,18-19H,8-13H2,1-3H3,(H,23,29,30). The largest absolute Gasteiger partial charge is 0.497 e. The van der Waals surface area contributed by atoms with Crippen LogP contribution in [-0.2, 0) is 9.59 Å². The van der Waals surface area contributed by atoms with E-state index < -0.39 is 24.1 Å². The highest BCUT2D eigenvalue weighted by Gasteiger charge is 2.48. The SMILES string of the molecule is COc1ccc(N2CCN(CC3=NC4C(C(=O)NC(=O)N4C)N3CC(C)=O)CC2)cc1. The number of carbonyl (C=O) groups is 3. The van der Waals surface area contributed by atoms with Gasteiger partial charge in [-0.3, -0.25) is 19.8 Å². The van der Waals surface area contributed by atoms with E-state index >= 15 is 0 Å². The van der Waals surface area contributed by atoms with Crippen LogP contribution >= 0.6 is 0 Å². The first-order valence-electron chi connectivity index (χ1n) is 10.4. The first-order valence-corrected chi connectivity index (χ1v) is 10.4. The van der Waals surface area contributed by atoms with Crippen LogP contribution in [0.5, 0.6) is 5.75 Å². The van der Waals surface area contributed by atoms with Gasteiger partial charge in [-0.1, -0.05) is 0 Å². The number of likely N-dealkylation sites (N-methyl/N-ethyl adjacent to an activating group) is 1. The third-order valence-corrected chi connectivity index (χ3v) is 6.01. The number of nitrogens with zero attached hydrogens (tertiary/aromatic N) is 5. The third kappa shape index (κ3) is 4.20. The average molecular weight is 428 g/mol. The van der Waals surface area contributed by atoms with Gasteiger partial charge in [-0.25, -0.2) is 9.79 Å². The molecule has 31 heavy (non-hydrogen) atoms. The summed E-state index contributed by atoms with van der Waals surface area (Å²) in [6.07, 6.45) is -0.601. The molecule has 1 N–H and O–H groups in total. The summed E-state index contributed by atoms with van der Waals surface area (Å²) in [5.41, 5.74) is 1.15. The molecule has 3 heterocycles. The molecule has 3 aliphatic heterocycles. The molecule has 2 atom stereocenters. The molecule has 0 bridgehead atoms. The van der Waals surface area contributed by atoms with Crippen molar-refractivity contribution >= 4 is 29.2 Å². The fourth-order valence-electron chi connectivity index (χ4n) is 4.30. The summed E-state index contributed by atoms with van der Waals surface area (Å²) in [4.78, 5) is 48.8. The molecule has 1 aromatic rings. The van der Waals surface area contributed by atoms with E-state index in [9.17, 15) is 14.4 Å². The summed E-state index contributed by atoms with van der Waals surface area (Å²) in [5.74, 6) is 1.06. The van der Waals surface area contributed by atoms with Gasteiger partial charge in [-0.2, -0.15) is 0 Å². The first-order chi connectivity index (χ1) is 14.9. The lowest BCUT2D eigenvalue weighted by Crippen LogP contribution is -2.64. The maximum absolute atomic E-state index is 12.5. The summed E-state index contributed by atoms with van der Waals surface area (Å²) in [6, 6.07) is 6.90. The predicted molar refractivity (Wildman–Crippen MR) is 115 cm³/mol. The molecule has 2 fully saturated rings. The van der Waals surface area contributed by atoms with Crippen molar-refractivity contribution in [3.8, 4) is 5.75 Å². The van der Waals surface area contributed by atoms with Crippen LogP contribution in [0.2, 0.25) is 0 Å². The number of Topliss-reactive ketones (excluding diaryl/α,β-unsaturated/α-hetero) is 1. The summed E-state index contributed by atoms with van der Waals surface area (Å²) >= 11 is 0. The summed E-state index contributed by atoms with van der Waals surface area (Å²) in [7, 11) is 3.27.